The van der Waals surface area contributed by atoms with Gasteiger partial charge in [-0.3, -0.25) is 9.59 Å². The van der Waals surface area contributed by atoms with E-state index in [2.05, 4.69) is 45.9 Å². The Hall–Kier alpha value is -2.80. The minimum absolute atomic E-state index is 0.00606. The van der Waals surface area contributed by atoms with E-state index in [1.807, 2.05) is 89.9 Å². The second kappa shape index (κ2) is 33.6. The SMILES string of the molecule is CC(C)(C)S(=O)N1CCC(O)CC1.Cc1ccc(S(=O)N2CCCC3CCCCC32)cc1.O=C(O)CCc1ccccc1SN(C1CCCCC1)C1CCCCC1.O=C(OC1CCN(S(=O)c2ccccc2)CC1)C1CCCCC1. The van der Waals surface area contributed by atoms with Crippen LogP contribution in [0.2, 0.25) is 0 Å². The molecule has 0 aromatic heterocycles. The molecule has 0 spiro atoms. The summed E-state index contributed by atoms with van der Waals surface area (Å²) in [5, 5.41) is 18.3. The summed E-state index contributed by atoms with van der Waals surface area (Å²) in [6.07, 6.45) is 30.5. The van der Waals surface area contributed by atoms with Crippen molar-refractivity contribution in [3.63, 3.8) is 0 Å². The van der Waals surface area contributed by atoms with Gasteiger partial charge in [0, 0.05) is 62.2 Å². The van der Waals surface area contributed by atoms with E-state index in [-0.39, 0.29) is 35.3 Å². The Morgan fingerprint density at radius 3 is 1.73 bits per heavy atom. The number of aliphatic hydroxyl groups is 1. The lowest BCUT2D eigenvalue weighted by Gasteiger charge is -2.43. The minimum Gasteiger partial charge on any atom is -0.481 e. The van der Waals surface area contributed by atoms with Gasteiger partial charge in [-0.05, 0) is 178 Å². The summed E-state index contributed by atoms with van der Waals surface area (Å²) in [7, 11) is -2.99. The number of carbonyl (C=O) groups excluding carboxylic acids is 1. The van der Waals surface area contributed by atoms with Crippen LogP contribution in [0.25, 0.3) is 0 Å². The molecule has 12 nitrogen and oxygen atoms in total. The molecule has 0 amide bonds. The fraction of sp³-hybridized carbons (Fsp3) is 0.688. The number of piperidine rings is 3. The van der Waals surface area contributed by atoms with Crippen LogP contribution in [0.15, 0.2) is 93.5 Å². The van der Waals surface area contributed by atoms with Crippen molar-refractivity contribution in [2.45, 2.75) is 251 Å². The van der Waals surface area contributed by atoms with Gasteiger partial charge in [0.05, 0.1) is 37.5 Å². The molecule has 5 atom stereocenters. The normalized spacial score (nSPS) is 23.8. The lowest BCUT2D eigenvalue weighted by molar-refractivity contribution is -0.156. The second-order valence-corrected chi connectivity index (χ2v) is 30.7. The lowest BCUT2D eigenvalue weighted by Crippen LogP contribution is -2.47. The van der Waals surface area contributed by atoms with Gasteiger partial charge in [0.15, 0.2) is 0 Å². The summed E-state index contributed by atoms with van der Waals surface area (Å²) in [6.45, 7) is 12.0. The van der Waals surface area contributed by atoms with Crippen LogP contribution in [0, 0.1) is 18.8 Å². The van der Waals surface area contributed by atoms with Crippen molar-refractivity contribution in [2.24, 2.45) is 11.8 Å². The van der Waals surface area contributed by atoms with Crippen molar-refractivity contribution in [1.82, 2.24) is 17.2 Å². The molecule has 3 saturated heterocycles. The zero-order valence-corrected chi connectivity index (χ0v) is 52.2. The van der Waals surface area contributed by atoms with E-state index < -0.39 is 38.9 Å². The average molecular weight is 1180 g/mol. The highest BCUT2D eigenvalue weighted by molar-refractivity contribution is 7.97. The van der Waals surface area contributed by atoms with Gasteiger partial charge in [-0.25, -0.2) is 29.8 Å². The molecular formula is C64H98N4O8S4. The van der Waals surface area contributed by atoms with Crippen LogP contribution in [0.5, 0.6) is 0 Å². The van der Waals surface area contributed by atoms with Crippen molar-refractivity contribution < 1.29 is 37.2 Å². The third kappa shape index (κ3) is 20.5. The molecule has 4 aliphatic carbocycles. The van der Waals surface area contributed by atoms with Crippen molar-refractivity contribution in [3.8, 4) is 0 Å². The second-order valence-electron chi connectivity index (χ2n) is 24.5. The Labute approximate surface area is 493 Å². The highest BCUT2D eigenvalue weighted by Gasteiger charge is 2.37. The number of hydrogen-bond donors (Lipinski definition) is 2. The Bertz CT molecular complexity index is 2360. The van der Waals surface area contributed by atoms with Crippen LogP contribution in [-0.2, 0) is 53.7 Å². The highest BCUT2D eigenvalue weighted by Crippen LogP contribution is 2.40. The molecule has 10 rings (SSSR count). The smallest absolute Gasteiger partial charge is 0.309 e. The number of esters is 1. The number of hydrogen-bond acceptors (Lipinski definition) is 9. The molecule has 3 aromatic carbocycles. The van der Waals surface area contributed by atoms with Gasteiger partial charge in [0.25, 0.3) is 0 Å². The lowest BCUT2D eigenvalue weighted by atomic mass is 9.79. The number of carboxylic acid groups (broad SMARTS) is 1. The van der Waals surface area contributed by atoms with Gasteiger partial charge in [0.2, 0.25) is 0 Å². The number of carboxylic acids is 1. The van der Waals surface area contributed by atoms with Crippen LogP contribution in [0.1, 0.15) is 199 Å². The van der Waals surface area contributed by atoms with Crippen molar-refractivity contribution in [3.05, 3.63) is 90.0 Å². The summed E-state index contributed by atoms with van der Waals surface area (Å²) in [4.78, 5) is 26.3. The third-order valence-corrected chi connectivity index (χ3v) is 23.6. The number of aliphatic hydroxyl groups excluding tert-OH is 1. The number of ether oxygens (including phenoxy) is 1. The summed E-state index contributed by atoms with van der Waals surface area (Å²) in [5.74, 6) is 0.181. The first-order chi connectivity index (χ1) is 38.6. The molecule has 7 fully saturated rings. The molecule has 5 unspecified atom stereocenters. The van der Waals surface area contributed by atoms with E-state index in [1.165, 1.54) is 125 Å². The molecule has 80 heavy (non-hydrogen) atoms. The summed E-state index contributed by atoms with van der Waals surface area (Å²) < 4.78 is 51.6. The molecule has 2 N–H and O–H groups in total. The van der Waals surface area contributed by atoms with Gasteiger partial charge >= 0.3 is 11.9 Å². The van der Waals surface area contributed by atoms with E-state index in [0.717, 1.165) is 86.7 Å². The van der Waals surface area contributed by atoms with Crippen molar-refractivity contribution in [2.75, 3.05) is 32.7 Å². The minimum atomic E-state index is -1.11. The van der Waals surface area contributed by atoms with Crippen LogP contribution in [0.4, 0.5) is 0 Å². The molecule has 3 aromatic rings. The maximum Gasteiger partial charge on any atom is 0.309 e. The predicted octanol–water partition coefficient (Wildman–Crippen LogP) is 13.6. The predicted molar refractivity (Wildman–Crippen MR) is 328 cm³/mol. The molecule has 446 valence electrons. The third-order valence-electron chi connectivity index (χ3n) is 17.3. The zero-order chi connectivity index (χ0) is 56.9. The summed E-state index contributed by atoms with van der Waals surface area (Å²) in [6, 6.07) is 28.1. The molecule has 3 heterocycles. The van der Waals surface area contributed by atoms with Crippen molar-refractivity contribution >= 4 is 56.8 Å². The molecular weight excluding hydrogens is 1080 g/mol. The van der Waals surface area contributed by atoms with Gasteiger partial charge in [-0.2, -0.15) is 0 Å². The van der Waals surface area contributed by atoms with Crippen LogP contribution < -0.4 is 0 Å². The number of aryl methyl sites for hydroxylation is 2. The first kappa shape index (κ1) is 64.8. The molecule has 7 aliphatic rings. The van der Waals surface area contributed by atoms with E-state index >= 15 is 0 Å². The summed E-state index contributed by atoms with van der Waals surface area (Å²) >= 11 is 1.92. The van der Waals surface area contributed by atoms with Gasteiger partial charge < -0.3 is 14.9 Å². The quantitative estimate of drug-likeness (QED) is 0.118. The fourth-order valence-corrected chi connectivity index (χ4v) is 18.0. The van der Waals surface area contributed by atoms with E-state index in [9.17, 15) is 27.3 Å². The van der Waals surface area contributed by atoms with Gasteiger partial charge in [-0.1, -0.05) is 125 Å². The molecule has 0 radical (unpaired) electrons. The van der Waals surface area contributed by atoms with Crippen molar-refractivity contribution in [1.29, 1.82) is 0 Å². The maximum atomic E-state index is 12.8. The Kier molecular flexibility index (Phi) is 27.2. The number of aliphatic carboxylic acids is 1. The number of carbonyl (C=O) groups is 2. The largest absolute Gasteiger partial charge is 0.481 e. The van der Waals surface area contributed by atoms with E-state index in [4.69, 9.17) is 9.84 Å². The Balaban J connectivity index is 0.000000158. The van der Waals surface area contributed by atoms with Gasteiger partial charge in [0.1, 0.15) is 28.1 Å². The maximum absolute atomic E-state index is 12.8. The topological polar surface area (TPSA) is 148 Å². The number of fused-ring (bicyclic) bond motifs is 1. The number of rotatable bonds is 14. The fourth-order valence-electron chi connectivity index (χ4n) is 12.6. The Morgan fingerprint density at radius 2 is 1.12 bits per heavy atom. The van der Waals surface area contributed by atoms with Crippen LogP contribution >= 0.6 is 11.9 Å². The van der Waals surface area contributed by atoms with Crippen LogP contribution in [-0.4, -0.2) is 120 Å². The Morgan fingerprint density at radius 1 is 0.600 bits per heavy atom. The van der Waals surface area contributed by atoms with Gasteiger partial charge in [-0.15, -0.1) is 0 Å². The highest BCUT2D eigenvalue weighted by atomic mass is 32.2. The monoisotopic (exact) mass is 1180 g/mol. The number of benzene rings is 3. The first-order valence-corrected chi connectivity index (χ1v) is 35.0. The summed E-state index contributed by atoms with van der Waals surface area (Å²) in [5.41, 5.74) is 2.42. The first-order valence-electron chi connectivity index (χ1n) is 30.9. The molecule has 16 heteroatoms. The standard InChI is InChI=1S/C21H31NO2S.C18H25NO3S.C16H23NOS.C9H19NO2S/c23-21(24)16-15-17-9-7-8-14-20(17)25-22(18-10-3-1-4-11-18)19-12-5-2-6-13-19;20-18(15-7-3-1-4-8-15)22-16-11-13-19(14-12-16)23(21)17-9-5-2-6-10-17;1-13-8-10-15(11-9-13)19(18)17-12-4-6-14-5-2-3-7-16(14)17;1-9(2,3)13(12)10-6-4-8(11)5-7-10/h7-9,14,18-19H,1-6,10-13,15-16H2,(H,23,24);2,5-6,9-10,15-16H,1,3-4,7-8,11-14H2;8-11,14,16H,2-7,12H2,1H3;8,11H,4-7H2,1-3H3. The van der Waals surface area contributed by atoms with Crippen LogP contribution in [0.3, 0.4) is 0 Å². The number of nitrogens with zero attached hydrogens (tertiary/aromatic N) is 4. The molecule has 3 aliphatic heterocycles. The molecule has 4 saturated carbocycles. The molecule has 0 bridgehead atoms. The zero-order valence-electron chi connectivity index (χ0n) is 48.9. The van der Waals surface area contributed by atoms with E-state index in [0.29, 0.717) is 37.6 Å². The van der Waals surface area contributed by atoms with E-state index in [1.54, 1.807) is 0 Å². The average Bonchev–Trinajstić information content (AvgIpc) is 3.50.